The number of hydrogen-bond acceptors (Lipinski definition) is 4. The Bertz CT molecular complexity index is 416. The molecule has 2 rings (SSSR count). The Morgan fingerprint density at radius 2 is 2.38 bits per heavy atom. The molecule has 16 heavy (non-hydrogen) atoms. The summed E-state index contributed by atoms with van der Waals surface area (Å²) in [7, 11) is 2.06. The summed E-state index contributed by atoms with van der Waals surface area (Å²) in [6.45, 7) is 3.96. The maximum absolute atomic E-state index is 8.85. The lowest BCUT2D eigenvalue weighted by atomic mass is 10.2. The first-order valence-corrected chi connectivity index (χ1v) is 5.53. The Kier molecular flexibility index (Phi) is 3.07. The molecule has 1 saturated heterocycles. The Balaban J connectivity index is 2.20. The summed E-state index contributed by atoms with van der Waals surface area (Å²) in [5.74, 6) is 0.949. The molecule has 1 aliphatic rings. The third-order valence-corrected chi connectivity index (χ3v) is 3.13. The highest BCUT2D eigenvalue weighted by Gasteiger charge is 2.20. The first-order chi connectivity index (χ1) is 7.72. The lowest BCUT2D eigenvalue weighted by Crippen LogP contribution is -2.34. The van der Waals surface area contributed by atoms with E-state index in [2.05, 4.69) is 28.3 Å². The quantitative estimate of drug-likeness (QED) is 0.803. The summed E-state index contributed by atoms with van der Waals surface area (Å²) in [5, 5.41) is 12.2. The van der Waals surface area contributed by atoms with E-state index in [1.54, 1.807) is 0 Å². The molecular weight excluding hydrogens is 200 g/mol. The number of rotatable bonds is 2. The fraction of sp³-hybridized carbons (Fsp3) is 0.500. The fourth-order valence-electron chi connectivity index (χ4n) is 2.02. The minimum absolute atomic E-state index is 0.514. The van der Waals surface area contributed by atoms with Crippen molar-refractivity contribution in [3.05, 3.63) is 23.4 Å². The van der Waals surface area contributed by atoms with Crippen LogP contribution in [0.5, 0.6) is 0 Å². The second kappa shape index (κ2) is 4.50. The van der Waals surface area contributed by atoms with Crippen molar-refractivity contribution in [2.75, 3.05) is 25.0 Å². The average molecular weight is 216 g/mol. The standard InChI is InChI=1S/C12H16N4/c1-9-10(7-13)3-4-12(15-9)16(2)11-5-6-14-8-11/h3-4,11,14H,5-6,8H2,1-2H3. The molecule has 4 nitrogen and oxygen atoms in total. The lowest BCUT2D eigenvalue weighted by Gasteiger charge is -2.25. The monoisotopic (exact) mass is 216 g/mol. The van der Waals surface area contributed by atoms with Gasteiger partial charge in [0.15, 0.2) is 0 Å². The van der Waals surface area contributed by atoms with Gasteiger partial charge >= 0.3 is 0 Å². The molecule has 0 spiro atoms. The SMILES string of the molecule is Cc1nc(N(C)C2CCNC2)ccc1C#N. The van der Waals surface area contributed by atoms with Gasteiger partial charge in [-0.1, -0.05) is 0 Å². The van der Waals surface area contributed by atoms with Gasteiger partial charge in [-0.3, -0.25) is 0 Å². The third kappa shape index (κ3) is 2.00. The van der Waals surface area contributed by atoms with Crippen molar-refractivity contribution < 1.29 is 0 Å². The zero-order valence-electron chi connectivity index (χ0n) is 9.70. The number of likely N-dealkylation sites (N-methyl/N-ethyl adjacent to an activating group) is 1. The number of hydrogen-bond donors (Lipinski definition) is 1. The van der Waals surface area contributed by atoms with E-state index in [9.17, 15) is 0 Å². The summed E-state index contributed by atoms with van der Waals surface area (Å²) >= 11 is 0. The largest absolute Gasteiger partial charge is 0.355 e. The molecule has 0 aromatic carbocycles. The van der Waals surface area contributed by atoms with Gasteiger partial charge < -0.3 is 10.2 Å². The summed E-state index contributed by atoms with van der Waals surface area (Å²) in [6, 6.07) is 6.42. The van der Waals surface area contributed by atoms with Gasteiger partial charge in [-0.25, -0.2) is 4.98 Å². The van der Waals surface area contributed by atoms with Crippen LogP contribution in [0.2, 0.25) is 0 Å². The Labute approximate surface area is 95.9 Å². The van der Waals surface area contributed by atoms with Crippen LogP contribution in [-0.2, 0) is 0 Å². The molecular formula is C12H16N4. The fourth-order valence-corrected chi connectivity index (χ4v) is 2.02. The van der Waals surface area contributed by atoms with Crippen LogP contribution in [-0.4, -0.2) is 31.2 Å². The van der Waals surface area contributed by atoms with Crippen LogP contribution in [0.3, 0.4) is 0 Å². The highest BCUT2D eigenvalue weighted by Crippen LogP contribution is 2.17. The van der Waals surface area contributed by atoms with E-state index >= 15 is 0 Å². The van der Waals surface area contributed by atoms with Crippen LogP contribution in [0.1, 0.15) is 17.7 Å². The number of aromatic nitrogens is 1. The number of aryl methyl sites for hydroxylation is 1. The van der Waals surface area contributed by atoms with Crippen LogP contribution >= 0.6 is 0 Å². The van der Waals surface area contributed by atoms with Crippen LogP contribution in [0.15, 0.2) is 12.1 Å². The van der Waals surface area contributed by atoms with E-state index in [0.29, 0.717) is 11.6 Å². The molecule has 1 aliphatic heterocycles. The van der Waals surface area contributed by atoms with Crippen LogP contribution < -0.4 is 10.2 Å². The van der Waals surface area contributed by atoms with Gasteiger partial charge in [0.05, 0.1) is 11.3 Å². The first kappa shape index (κ1) is 10.9. The van der Waals surface area contributed by atoms with Crippen molar-refractivity contribution in [3.63, 3.8) is 0 Å². The molecule has 1 unspecified atom stereocenters. The molecule has 0 bridgehead atoms. The summed E-state index contributed by atoms with van der Waals surface area (Å²) in [4.78, 5) is 6.65. The van der Waals surface area contributed by atoms with Gasteiger partial charge in [0.2, 0.25) is 0 Å². The number of anilines is 1. The van der Waals surface area contributed by atoms with E-state index in [0.717, 1.165) is 31.0 Å². The smallest absolute Gasteiger partial charge is 0.128 e. The number of nitriles is 1. The van der Waals surface area contributed by atoms with Gasteiger partial charge in [0.25, 0.3) is 0 Å². The molecule has 2 heterocycles. The van der Waals surface area contributed by atoms with Crippen LogP contribution in [0, 0.1) is 18.3 Å². The van der Waals surface area contributed by atoms with Crippen molar-refractivity contribution in [2.24, 2.45) is 0 Å². The molecule has 1 aromatic heterocycles. The summed E-state index contributed by atoms with van der Waals surface area (Å²) < 4.78 is 0. The maximum Gasteiger partial charge on any atom is 0.128 e. The topological polar surface area (TPSA) is 52.0 Å². The van der Waals surface area contributed by atoms with Crippen molar-refractivity contribution in [1.82, 2.24) is 10.3 Å². The van der Waals surface area contributed by atoms with Crippen molar-refractivity contribution in [2.45, 2.75) is 19.4 Å². The second-order valence-electron chi connectivity index (χ2n) is 4.17. The zero-order chi connectivity index (χ0) is 11.5. The molecule has 1 N–H and O–H groups in total. The highest BCUT2D eigenvalue weighted by molar-refractivity contribution is 5.45. The van der Waals surface area contributed by atoms with Gasteiger partial charge in [-0.15, -0.1) is 0 Å². The minimum atomic E-state index is 0.514. The average Bonchev–Trinajstić information content (AvgIpc) is 2.81. The summed E-state index contributed by atoms with van der Waals surface area (Å²) in [5.41, 5.74) is 1.46. The predicted molar refractivity (Wildman–Crippen MR) is 63.4 cm³/mol. The van der Waals surface area contributed by atoms with Gasteiger partial charge in [0.1, 0.15) is 11.9 Å². The number of nitrogens with one attached hydrogen (secondary N) is 1. The normalized spacial score (nSPS) is 19.4. The lowest BCUT2D eigenvalue weighted by molar-refractivity contribution is 0.677. The predicted octanol–water partition coefficient (Wildman–Crippen LogP) is 1.06. The molecule has 0 radical (unpaired) electrons. The van der Waals surface area contributed by atoms with E-state index in [1.807, 2.05) is 19.1 Å². The van der Waals surface area contributed by atoms with E-state index < -0.39 is 0 Å². The van der Waals surface area contributed by atoms with Crippen molar-refractivity contribution in [1.29, 1.82) is 5.26 Å². The second-order valence-corrected chi connectivity index (χ2v) is 4.17. The molecule has 0 amide bonds. The minimum Gasteiger partial charge on any atom is -0.355 e. The first-order valence-electron chi connectivity index (χ1n) is 5.53. The molecule has 0 aliphatic carbocycles. The van der Waals surface area contributed by atoms with Gasteiger partial charge in [-0.2, -0.15) is 5.26 Å². The Morgan fingerprint density at radius 1 is 1.56 bits per heavy atom. The molecule has 1 atom stereocenters. The maximum atomic E-state index is 8.85. The molecule has 84 valence electrons. The van der Waals surface area contributed by atoms with Gasteiger partial charge in [-0.05, 0) is 32.0 Å². The highest BCUT2D eigenvalue weighted by atomic mass is 15.2. The summed E-state index contributed by atoms with van der Waals surface area (Å²) in [6.07, 6.45) is 1.15. The third-order valence-electron chi connectivity index (χ3n) is 3.13. The van der Waals surface area contributed by atoms with Crippen molar-refractivity contribution in [3.8, 4) is 6.07 Å². The van der Waals surface area contributed by atoms with E-state index in [4.69, 9.17) is 5.26 Å². The van der Waals surface area contributed by atoms with E-state index in [1.165, 1.54) is 0 Å². The molecule has 0 saturated carbocycles. The Morgan fingerprint density at radius 3 is 2.94 bits per heavy atom. The van der Waals surface area contributed by atoms with Crippen LogP contribution in [0.4, 0.5) is 5.82 Å². The molecule has 4 heteroatoms. The number of nitrogens with zero attached hydrogens (tertiary/aromatic N) is 3. The molecule has 1 aromatic rings. The van der Waals surface area contributed by atoms with Crippen LogP contribution in [0.25, 0.3) is 0 Å². The molecule has 1 fully saturated rings. The zero-order valence-corrected chi connectivity index (χ0v) is 9.70. The number of pyridine rings is 1. The van der Waals surface area contributed by atoms with Crippen molar-refractivity contribution >= 4 is 5.82 Å². The van der Waals surface area contributed by atoms with E-state index in [-0.39, 0.29) is 0 Å². The Hall–Kier alpha value is -1.60. The van der Waals surface area contributed by atoms with Gasteiger partial charge in [0, 0.05) is 19.6 Å².